The highest BCUT2D eigenvalue weighted by atomic mass is 16.5. The van der Waals surface area contributed by atoms with E-state index in [1.165, 1.54) is 0 Å². The van der Waals surface area contributed by atoms with Crippen LogP contribution in [0, 0.1) is 0 Å². The van der Waals surface area contributed by atoms with Gasteiger partial charge in [0.1, 0.15) is 11.9 Å². The predicted octanol–water partition coefficient (Wildman–Crippen LogP) is 2.37. The van der Waals surface area contributed by atoms with E-state index < -0.39 is 0 Å². The molecule has 0 radical (unpaired) electrons. The molecule has 2 aliphatic heterocycles. The van der Waals surface area contributed by atoms with Crippen molar-refractivity contribution in [3.8, 4) is 5.75 Å². The van der Waals surface area contributed by atoms with Crippen molar-refractivity contribution in [2.45, 2.75) is 18.9 Å². The highest BCUT2D eigenvalue weighted by Gasteiger charge is 2.18. The number of urea groups is 1. The molecule has 1 fully saturated rings. The van der Waals surface area contributed by atoms with Crippen LogP contribution in [0.3, 0.4) is 0 Å². The van der Waals surface area contributed by atoms with Crippen LogP contribution in [0.2, 0.25) is 0 Å². The molecule has 2 heterocycles. The molecule has 0 unspecified atom stereocenters. The summed E-state index contributed by atoms with van der Waals surface area (Å²) in [6.45, 7) is 5.71. The highest BCUT2D eigenvalue weighted by Crippen LogP contribution is 2.23. The van der Waals surface area contributed by atoms with Crippen molar-refractivity contribution < 1.29 is 9.53 Å². The van der Waals surface area contributed by atoms with Crippen molar-refractivity contribution in [3.05, 3.63) is 48.8 Å². The summed E-state index contributed by atoms with van der Waals surface area (Å²) >= 11 is 0. The Bertz CT molecular complexity index is 559. The minimum Gasteiger partial charge on any atom is -0.490 e. The third kappa shape index (κ3) is 3.25. The van der Waals surface area contributed by atoms with E-state index in [1.54, 1.807) is 17.2 Å². The Morgan fingerprint density at radius 2 is 1.90 bits per heavy atom. The van der Waals surface area contributed by atoms with Crippen molar-refractivity contribution in [3.63, 3.8) is 0 Å². The van der Waals surface area contributed by atoms with Crippen LogP contribution in [0.5, 0.6) is 5.75 Å². The number of carbonyl (C=O) groups excluding carboxylic acids is 1. The van der Waals surface area contributed by atoms with Gasteiger partial charge in [0, 0.05) is 11.9 Å². The van der Waals surface area contributed by atoms with Gasteiger partial charge < -0.3 is 15.4 Å². The lowest BCUT2D eigenvalue weighted by atomic mass is 10.1. The number of amides is 2. The minimum absolute atomic E-state index is 0.200. The molecule has 0 atom stereocenters. The normalized spacial score (nSPS) is 19.5. The molecule has 1 aromatic rings. The molecular formula is C16H19N3O2. The van der Waals surface area contributed by atoms with E-state index in [1.807, 2.05) is 24.3 Å². The number of piperidine rings is 1. The van der Waals surface area contributed by atoms with E-state index in [0.717, 1.165) is 37.4 Å². The van der Waals surface area contributed by atoms with Gasteiger partial charge in [-0.05, 0) is 56.3 Å². The maximum atomic E-state index is 11.9. The highest BCUT2D eigenvalue weighted by molar-refractivity contribution is 5.96. The van der Waals surface area contributed by atoms with Crippen LogP contribution in [-0.4, -0.2) is 25.2 Å². The van der Waals surface area contributed by atoms with Gasteiger partial charge in [0.05, 0.1) is 5.69 Å². The number of allylic oxidation sites excluding steroid dienone is 1. The maximum absolute atomic E-state index is 11.9. The number of anilines is 1. The molecular weight excluding hydrogens is 266 g/mol. The maximum Gasteiger partial charge on any atom is 0.330 e. The number of ether oxygens (including phenoxy) is 1. The summed E-state index contributed by atoms with van der Waals surface area (Å²) in [5, 5.41) is 5.99. The van der Waals surface area contributed by atoms with E-state index in [4.69, 9.17) is 4.74 Å². The summed E-state index contributed by atoms with van der Waals surface area (Å²) in [5.41, 5.74) is 1.40. The lowest BCUT2D eigenvalue weighted by molar-refractivity contribution is 0.162. The number of carbonyl (C=O) groups is 1. The Morgan fingerprint density at radius 3 is 2.57 bits per heavy atom. The SMILES string of the molecule is C=C1C=CN(c2ccc(OC3CCNCC3)cc2)C(=O)N1. The average molecular weight is 285 g/mol. The summed E-state index contributed by atoms with van der Waals surface area (Å²) in [6.07, 6.45) is 5.81. The molecule has 21 heavy (non-hydrogen) atoms. The van der Waals surface area contributed by atoms with Gasteiger partial charge in [-0.2, -0.15) is 0 Å². The third-order valence-electron chi connectivity index (χ3n) is 3.61. The molecule has 5 heteroatoms. The molecule has 0 spiro atoms. The van der Waals surface area contributed by atoms with E-state index in [2.05, 4.69) is 17.2 Å². The molecule has 0 bridgehead atoms. The fourth-order valence-electron chi connectivity index (χ4n) is 2.47. The molecule has 0 aromatic heterocycles. The van der Waals surface area contributed by atoms with E-state index in [0.29, 0.717) is 5.70 Å². The Morgan fingerprint density at radius 1 is 1.19 bits per heavy atom. The van der Waals surface area contributed by atoms with Gasteiger partial charge in [0.15, 0.2) is 0 Å². The quantitative estimate of drug-likeness (QED) is 0.896. The van der Waals surface area contributed by atoms with Crippen molar-refractivity contribution >= 4 is 11.7 Å². The van der Waals surface area contributed by atoms with Crippen molar-refractivity contribution in [2.24, 2.45) is 0 Å². The van der Waals surface area contributed by atoms with Gasteiger partial charge in [-0.25, -0.2) is 4.79 Å². The van der Waals surface area contributed by atoms with Crippen molar-refractivity contribution in [1.29, 1.82) is 0 Å². The van der Waals surface area contributed by atoms with Crippen LogP contribution in [0.1, 0.15) is 12.8 Å². The fourth-order valence-corrected chi connectivity index (χ4v) is 2.47. The topological polar surface area (TPSA) is 53.6 Å². The molecule has 3 rings (SSSR count). The van der Waals surface area contributed by atoms with Crippen LogP contribution in [0.15, 0.2) is 48.8 Å². The van der Waals surface area contributed by atoms with Gasteiger partial charge in [-0.3, -0.25) is 4.90 Å². The second-order valence-corrected chi connectivity index (χ2v) is 5.20. The standard InChI is InChI=1S/C16H19N3O2/c1-12-8-11-19(16(20)18-12)13-2-4-14(5-3-13)21-15-6-9-17-10-7-15/h2-5,8,11,15,17H,1,6-7,9-10H2,(H,18,20). The zero-order chi connectivity index (χ0) is 14.7. The molecule has 110 valence electrons. The second-order valence-electron chi connectivity index (χ2n) is 5.20. The fraction of sp³-hybridized carbons (Fsp3) is 0.312. The van der Waals surface area contributed by atoms with Crippen LogP contribution >= 0.6 is 0 Å². The van der Waals surface area contributed by atoms with Crippen LogP contribution < -0.4 is 20.3 Å². The van der Waals surface area contributed by atoms with Gasteiger partial charge in [0.2, 0.25) is 0 Å². The van der Waals surface area contributed by atoms with Crippen molar-refractivity contribution in [2.75, 3.05) is 18.0 Å². The monoisotopic (exact) mass is 285 g/mol. The Kier molecular flexibility index (Phi) is 3.92. The minimum atomic E-state index is -0.200. The molecule has 2 amide bonds. The first-order valence-corrected chi connectivity index (χ1v) is 7.17. The Labute approximate surface area is 124 Å². The van der Waals surface area contributed by atoms with E-state index in [-0.39, 0.29) is 12.1 Å². The number of nitrogens with zero attached hydrogens (tertiary/aromatic N) is 1. The van der Waals surface area contributed by atoms with Crippen molar-refractivity contribution in [1.82, 2.24) is 10.6 Å². The van der Waals surface area contributed by atoms with Crippen LogP contribution in [0.25, 0.3) is 0 Å². The van der Waals surface area contributed by atoms with Gasteiger partial charge in [0.25, 0.3) is 0 Å². The molecule has 5 nitrogen and oxygen atoms in total. The third-order valence-corrected chi connectivity index (χ3v) is 3.61. The number of hydrogen-bond acceptors (Lipinski definition) is 3. The van der Waals surface area contributed by atoms with Gasteiger partial charge in [-0.15, -0.1) is 0 Å². The van der Waals surface area contributed by atoms with E-state index in [9.17, 15) is 4.79 Å². The largest absolute Gasteiger partial charge is 0.490 e. The molecule has 2 N–H and O–H groups in total. The van der Waals surface area contributed by atoms with Gasteiger partial charge >= 0.3 is 6.03 Å². The zero-order valence-electron chi connectivity index (χ0n) is 11.8. The smallest absolute Gasteiger partial charge is 0.330 e. The number of rotatable bonds is 3. The predicted molar refractivity (Wildman–Crippen MR) is 82.3 cm³/mol. The second kappa shape index (κ2) is 6.01. The molecule has 2 aliphatic rings. The summed E-state index contributed by atoms with van der Waals surface area (Å²) in [7, 11) is 0. The van der Waals surface area contributed by atoms with Gasteiger partial charge in [-0.1, -0.05) is 6.58 Å². The number of benzene rings is 1. The lowest BCUT2D eigenvalue weighted by Crippen LogP contribution is -2.38. The molecule has 1 aromatic carbocycles. The first-order valence-electron chi connectivity index (χ1n) is 7.17. The average Bonchev–Trinajstić information content (AvgIpc) is 2.49. The summed E-state index contributed by atoms with van der Waals surface area (Å²) in [4.78, 5) is 13.4. The Balaban J connectivity index is 1.67. The summed E-state index contributed by atoms with van der Waals surface area (Å²) in [5.74, 6) is 0.844. The van der Waals surface area contributed by atoms with Crippen LogP contribution in [-0.2, 0) is 0 Å². The summed E-state index contributed by atoms with van der Waals surface area (Å²) < 4.78 is 5.95. The molecule has 1 saturated heterocycles. The molecule has 0 saturated carbocycles. The lowest BCUT2D eigenvalue weighted by Gasteiger charge is -2.25. The first-order chi connectivity index (χ1) is 10.2. The molecule has 0 aliphatic carbocycles. The van der Waals surface area contributed by atoms with E-state index >= 15 is 0 Å². The van der Waals surface area contributed by atoms with Crippen LogP contribution in [0.4, 0.5) is 10.5 Å². The number of hydrogen-bond donors (Lipinski definition) is 2. The summed E-state index contributed by atoms with van der Waals surface area (Å²) in [6, 6.07) is 7.38. The first kappa shape index (κ1) is 13.7. The zero-order valence-corrected chi connectivity index (χ0v) is 11.8. The number of nitrogens with one attached hydrogen (secondary N) is 2. The Hall–Kier alpha value is -2.27.